The number of hydrogen-bond donors (Lipinski definition) is 2. The number of ether oxygens (including phenoxy) is 2. The van der Waals surface area contributed by atoms with Crippen molar-refractivity contribution in [3.63, 3.8) is 0 Å². The van der Waals surface area contributed by atoms with Gasteiger partial charge in [-0.15, -0.1) is 0 Å². The largest absolute Gasteiger partial charge is 0.479 e. The van der Waals surface area contributed by atoms with Gasteiger partial charge in [0.25, 0.3) is 5.88 Å². The molecule has 0 radical (unpaired) electrons. The Morgan fingerprint density at radius 3 is 2.67 bits per heavy atom. The van der Waals surface area contributed by atoms with Crippen LogP contribution in [0.2, 0.25) is 5.02 Å². The average molecular weight is 568 g/mol. The van der Waals surface area contributed by atoms with E-state index in [9.17, 15) is 9.59 Å². The van der Waals surface area contributed by atoms with Crippen LogP contribution in [-0.2, 0) is 11.2 Å². The number of nitrogens with one attached hydrogen (secondary N) is 2. The average Bonchev–Trinajstić information content (AvgIpc) is 3.22. The van der Waals surface area contributed by atoms with Crippen LogP contribution in [0.4, 0.5) is 9.18 Å². The van der Waals surface area contributed by atoms with Gasteiger partial charge in [0.2, 0.25) is 17.6 Å². The molecule has 0 unspecified atom stereocenters. The predicted molar refractivity (Wildman–Crippen MR) is 138 cm³/mol. The van der Waals surface area contributed by atoms with Gasteiger partial charge < -0.3 is 29.2 Å². The van der Waals surface area contributed by atoms with Crippen molar-refractivity contribution >= 4 is 23.6 Å². The highest BCUT2D eigenvalue weighted by Gasteiger charge is 2.52. The van der Waals surface area contributed by atoms with E-state index in [-0.39, 0.29) is 40.2 Å². The molecule has 2 aliphatic carbocycles. The molecule has 1 fully saturated rings. The van der Waals surface area contributed by atoms with Gasteiger partial charge in [0.15, 0.2) is 0 Å². The van der Waals surface area contributed by atoms with Crippen LogP contribution in [0, 0.1) is 12.7 Å². The summed E-state index contributed by atoms with van der Waals surface area (Å²) in [5.74, 6) is -0.396. The normalized spacial score (nSPS) is 16.8. The quantitative estimate of drug-likeness (QED) is 0.318. The van der Waals surface area contributed by atoms with E-state index >= 15 is 4.39 Å². The van der Waals surface area contributed by atoms with E-state index in [4.69, 9.17) is 30.1 Å². The fourth-order valence-electron chi connectivity index (χ4n) is 4.89. The van der Waals surface area contributed by atoms with E-state index in [2.05, 4.69) is 25.9 Å². The highest BCUT2D eigenvalue weighted by molar-refractivity contribution is 6.31. The van der Waals surface area contributed by atoms with E-state index in [1.807, 2.05) is 18.2 Å². The number of benzene rings is 2. The first kappa shape index (κ1) is 25.8. The van der Waals surface area contributed by atoms with Gasteiger partial charge >= 0.3 is 12.0 Å². The van der Waals surface area contributed by atoms with Crippen LogP contribution >= 0.6 is 11.6 Å². The Hall–Kier alpha value is -4.45. The third kappa shape index (κ3) is 4.86. The molecule has 206 valence electrons. The molecular formula is C27H23ClFN5O6. The van der Waals surface area contributed by atoms with Crippen LogP contribution < -0.4 is 20.1 Å². The molecule has 1 atom stereocenters. The third-order valence-corrected chi connectivity index (χ3v) is 7.26. The van der Waals surface area contributed by atoms with E-state index in [0.717, 1.165) is 16.7 Å². The summed E-state index contributed by atoms with van der Waals surface area (Å²) >= 11 is 6.20. The maximum absolute atomic E-state index is 15.0. The summed E-state index contributed by atoms with van der Waals surface area (Å²) in [5, 5.41) is 13.4. The second-order valence-electron chi connectivity index (χ2n) is 9.71. The first-order valence-electron chi connectivity index (χ1n) is 12.5. The Balaban J connectivity index is 1.18. The third-order valence-electron chi connectivity index (χ3n) is 7.04. The summed E-state index contributed by atoms with van der Waals surface area (Å²) in [6.07, 6.45) is 1.49. The van der Waals surface area contributed by atoms with Gasteiger partial charge in [0.1, 0.15) is 11.4 Å². The summed E-state index contributed by atoms with van der Waals surface area (Å²) in [6, 6.07) is 9.65. The summed E-state index contributed by atoms with van der Waals surface area (Å²) in [4.78, 5) is 29.7. The summed E-state index contributed by atoms with van der Waals surface area (Å²) < 4.78 is 34.9. The minimum absolute atomic E-state index is 0.135. The Kier molecular flexibility index (Phi) is 6.41. The Morgan fingerprint density at radius 1 is 1.15 bits per heavy atom. The smallest absolute Gasteiger partial charge is 0.415 e. The maximum Gasteiger partial charge on any atom is 0.415 e. The topological polar surface area (TPSA) is 142 Å². The van der Waals surface area contributed by atoms with E-state index in [1.165, 1.54) is 19.2 Å². The number of aryl methyl sites for hydroxylation is 2. The van der Waals surface area contributed by atoms with E-state index < -0.39 is 17.4 Å². The predicted octanol–water partition coefficient (Wildman–Crippen LogP) is 4.93. The van der Waals surface area contributed by atoms with Crippen LogP contribution in [0.5, 0.6) is 11.8 Å². The molecule has 0 saturated heterocycles. The zero-order valence-electron chi connectivity index (χ0n) is 21.4. The van der Waals surface area contributed by atoms with Gasteiger partial charge in [0.05, 0.1) is 24.8 Å². The number of methoxy groups -OCH3 is 1. The van der Waals surface area contributed by atoms with Gasteiger partial charge in [-0.25, -0.2) is 9.18 Å². The molecule has 2 amide bonds. The second-order valence-corrected chi connectivity index (χ2v) is 10.1. The van der Waals surface area contributed by atoms with Crippen LogP contribution in [0.3, 0.4) is 0 Å². The highest BCUT2D eigenvalue weighted by Crippen LogP contribution is 2.41. The summed E-state index contributed by atoms with van der Waals surface area (Å²) in [6.45, 7) is 1.63. The molecule has 2 aliphatic rings. The zero-order valence-corrected chi connectivity index (χ0v) is 22.2. The molecule has 0 aliphatic heterocycles. The van der Waals surface area contributed by atoms with E-state index in [1.54, 1.807) is 13.0 Å². The lowest BCUT2D eigenvalue weighted by Crippen LogP contribution is -2.50. The number of carbonyl (C=O) groups excluding carboxylic acids is 2. The Morgan fingerprint density at radius 2 is 1.98 bits per heavy atom. The molecule has 2 heterocycles. The highest BCUT2D eigenvalue weighted by atomic mass is 35.5. The first-order chi connectivity index (χ1) is 19.2. The molecule has 0 spiro atoms. The molecule has 4 aromatic rings. The lowest BCUT2D eigenvalue weighted by atomic mass is 9.95. The van der Waals surface area contributed by atoms with E-state index in [0.29, 0.717) is 37.1 Å². The second kappa shape index (κ2) is 9.94. The molecule has 2 N–H and O–H groups in total. The number of rotatable bonds is 7. The number of halogens is 2. The lowest BCUT2D eigenvalue weighted by molar-refractivity contribution is -0.124. The minimum Gasteiger partial charge on any atom is -0.479 e. The van der Waals surface area contributed by atoms with Gasteiger partial charge in [-0.2, -0.15) is 4.98 Å². The van der Waals surface area contributed by atoms with Gasteiger partial charge in [0, 0.05) is 11.9 Å². The number of aromatic nitrogens is 3. The SMILES string of the molecule is COc1cc(OC(=O)NC2(C(=O)N[C@H]3CCc4cc(-c5cc(Cl)cc(F)c5-c5noc(C)n5)ccc43)CC2)on1. The molecule has 2 aromatic carbocycles. The maximum atomic E-state index is 15.0. The van der Waals surface area contributed by atoms with Crippen molar-refractivity contribution in [1.29, 1.82) is 0 Å². The molecule has 40 heavy (non-hydrogen) atoms. The number of amides is 2. The molecule has 2 aromatic heterocycles. The van der Waals surface area contributed by atoms with Crippen molar-refractivity contribution in [3.05, 3.63) is 64.3 Å². The van der Waals surface area contributed by atoms with Crippen LogP contribution in [0.25, 0.3) is 22.5 Å². The fourth-order valence-corrected chi connectivity index (χ4v) is 5.10. The summed E-state index contributed by atoms with van der Waals surface area (Å²) in [5.41, 5.74) is 2.36. The molecule has 6 rings (SSSR count). The number of fused-ring (bicyclic) bond motifs is 1. The molecule has 0 bridgehead atoms. The minimum atomic E-state index is -1.06. The molecule has 1 saturated carbocycles. The summed E-state index contributed by atoms with van der Waals surface area (Å²) in [7, 11) is 1.40. The van der Waals surface area contributed by atoms with Gasteiger partial charge in [-0.1, -0.05) is 35.0 Å². The zero-order chi connectivity index (χ0) is 28.0. The lowest BCUT2D eigenvalue weighted by Gasteiger charge is -2.21. The number of hydrogen-bond acceptors (Lipinski definition) is 9. The number of carbonyl (C=O) groups is 2. The standard InChI is InChI=1S/C27H23ClFN5O6/c1-13-30-24(34-39-13)23-18(10-16(28)11-19(23)29)15-3-5-17-14(9-15)4-6-20(17)31-25(35)27(7-8-27)32-26(36)38-22-12-21(37-2)33-40-22/h3,5,9-12,20H,4,6-8H2,1-2H3,(H,31,35)(H,32,36)/t20-/m0/s1. The van der Waals surface area contributed by atoms with Crippen LogP contribution in [0.1, 0.15) is 42.3 Å². The van der Waals surface area contributed by atoms with Crippen molar-refractivity contribution < 1.29 is 32.5 Å². The molecule has 13 heteroatoms. The van der Waals surface area contributed by atoms with Crippen molar-refractivity contribution in [2.24, 2.45) is 0 Å². The molecular weight excluding hydrogens is 545 g/mol. The Labute approximate surface area is 232 Å². The molecule has 11 nitrogen and oxygen atoms in total. The number of nitrogens with zero attached hydrogens (tertiary/aromatic N) is 3. The van der Waals surface area contributed by atoms with Crippen molar-refractivity contribution in [3.8, 4) is 34.3 Å². The van der Waals surface area contributed by atoms with Crippen molar-refractivity contribution in [1.82, 2.24) is 25.9 Å². The van der Waals surface area contributed by atoms with Crippen LogP contribution in [-0.4, -0.2) is 39.9 Å². The van der Waals surface area contributed by atoms with Crippen molar-refractivity contribution in [2.45, 2.75) is 44.2 Å². The first-order valence-corrected chi connectivity index (χ1v) is 12.9. The monoisotopic (exact) mass is 567 g/mol. The van der Waals surface area contributed by atoms with Crippen molar-refractivity contribution in [2.75, 3.05) is 7.11 Å². The van der Waals surface area contributed by atoms with Gasteiger partial charge in [-0.3, -0.25) is 4.79 Å². The fraction of sp³-hybridized carbons (Fsp3) is 0.296. The Bertz CT molecular complexity index is 1630. The van der Waals surface area contributed by atoms with Crippen LogP contribution in [0.15, 0.2) is 45.4 Å². The van der Waals surface area contributed by atoms with Gasteiger partial charge in [-0.05, 0) is 65.2 Å².